The summed E-state index contributed by atoms with van der Waals surface area (Å²) in [6.07, 6.45) is 1.42. The van der Waals surface area contributed by atoms with Crippen LogP contribution in [0.1, 0.15) is 24.0 Å². The average Bonchev–Trinajstić information content (AvgIpc) is 2.38. The number of benzene rings is 1. The maximum atomic E-state index is 11.3. The second-order valence-electron chi connectivity index (χ2n) is 4.55. The van der Waals surface area contributed by atoms with E-state index in [4.69, 9.17) is 5.11 Å². The topological polar surface area (TPSA) is 52.6 Å². The molecule has 0 unspecified atom stereocenters. The third kappa shape index (κ3) is 5.29. The van der Waals surface area contributed by atoms with Gasteiger partial charge in [-0.05, 0) is 24.1 Å². The highest BCUT2D eigenvalue weighted by Crippen LogP contribution is 2.04. The second-order valence-corrected chi connectivity index (χ2v) is 4.55. The molecule has 18 heavy (non-hydrogen) atoms. The molecular formula is C14H22N2O2. The maximum absolute atomic E-state index is 11.3. The van der Waals surface area contributed by atoms with E-state index in [1.54, 1.807) is 19.0 Å². The van der Waals surface area contributed by atoms with Crippen LogP contribution in [0.4, 0.5) is 0 Å². The van der Waals surface area contributed by atoms with Crippen LogP contribution in [0.25, 0.3) is 0 Å². The number of aliphatic hydroxyl groups is 1. The quantitative estimate of drug-likeness (QED) is 0.713. The zero-order valence-electron chi connectivity index (χ0n) is 11.1. The summed E-state index contributed by atoms with van der Waals surface area (Å²) in [4.78, 5) is 12.9. The molecule has 0 heterocycles. The first kappa shape index (κ1) is 14.7. The molecule has 0 aliphatic rings. The average molecular weight is 250 g/mol. The first-order valence-corrected chi connectivity index (χ1v) is 6.23. The summed E-state index contributed by atoms with van der Waals surface area (Å²) in [5.74, 6) is 0.166. The smallest absolute Gasteiger partial charge is 0.222 e. The van der Waals surface area contributed by atoms with Crippen LogP contribution in [0.5, 0.6) is 0 Å². The van der Waals surface area contributed by atoms with E-state index in [2.05, 4.69) is 5.32 Å². The Balaban J connectivity index is 2.19. The molecule has 2 N–H and O–H groups in total. The monoisotopic (exact) mass is 250 g/mol. The van der Waals surface area contributed by atoms with Crippen LogP contribution >= 0.6 is 0 Å². The number of amides is 1. The summed E-state index contributed by atoms with van der Waals surface area (Å²) in [5.41, 5.74) is 2.08. The first-order valence-electron chi connectivity index (χ1n) is 6.23. The minimum absolute atomic E-state index is 0.0746. The van der Waals surface area contributed by atoms with E-state index in [1.165, 1.54) is 0 Å². The van der Waals surface area contributed by atoms with Crippen molar-refractivity contribution in [2.75, 3.05) is 20.6 Å². The Morgan fingerprint density at radius 1 is 1.33 bits per heavy atom. The summed E-state index contributed by atoms with van der Waals surface area (Å²) in [6.45, 7) is 1.66. The third-order valence-corrected chi connectivity index (χ3v) is 2.75. The highest BCUT2D eigenvalue weighted by Gasteiger charge is 2.02. The largest absolute Gasteiger partial charge is 0.392 e. The SMILES string of the molecule is CN(C)C(=O)CCCNCc1cccc(CO)c1. The molecule has 1 aromatic rings. The van der Waals surface area contributed by atoms with E-state index in [0.717, 1.165) is 30.6 Å². The summed E-state index contributed by atoms with van der Waals surface area (Å²) in [6, 6.07) is 7.85. The molecule has 4 nitrogen and oxygen atoms in total. The van der Waals surface area contributed by atoms with Crippen molar-refractivity contribution in [2.24, 2.45) is 0 Å². The van der Waals surface area contributed by atoms with Gasteiger partial charge in [-0.1, -0.05) is 24.3 Å². The van der Waals surface area contributed by atoms with Crippen LogP contribution < -0.4 is 5.32 Å². The number of aliphatic hydroxyl groups excluding tert-OH is 1. The van der Waals surface area contributed by atoms with Crippen LogP contribution in [-0.4, -0.2) is 36.6 Å². The molecule has 4 heteroatoms. The fourth-order valence-electron chi connectivity index (χ4n) is 1.66. The van der Waals surface area contributed by atoms with Crippen molar-refractivity contribution in [3.63, 3.8) is 0 Å². The Morgan fingerprint density at radius 2 is 2.06 bits per heavy atom. The van der Waals surface area contributed by atoms with Gasteiger partial charge in [0.1, 0.15) is 0 Å². The highest BCUT2D eigenvalue weighted by atomic mass is 16.3. The van der Waals surface area contributed by atoms with Crippen molar-refractivity contribution in [1.29, 1.82) is 0 Å². The van der Waals surface area contributed by atoms with E-state index in [-0.39, 0.29) is 12.5 Å². The van der Waals surface area contributed by atoms with Gasteiger partial charge < -0.3 is 15.3 Å². The van der Waals surface area contributed by atoms with Gasteiger partial charge in [0.25, 0.3) is 0 Å². The molecule has 1 aromatic carbocycles. The van der Waals surface area contributed by atoms with Crippen molar-refractivity contribution in [2.45, 2.75) is 26.0 Å². The number of hydrogen-bond donors (Lipinski definition) is 2. The van der Waals surface area contributed by atoms with Crippen molar-refractivity contribution >= 4 is 5.91 Å². The van der Waals surface area contributed by atoms with E-state index in [0.29, 0.717) is 6.42 Å². The highest BCUT2D eigenvalue weighted by molar-refractivity contribution is 5.75. The third-order valence-electron chi connectivity index (χ3n) is 2.75. The molecule has 0 radical (unpaired) electrons. The minimum atomic E-state index is 0.0746. The van der Waals surface area contributed by atoms with Gasteiger partial charge in [-0.2, -0.15) is 0 Å². The second kappa shape index (κ2) is 7.84. The molecule has 0 aliphatic heterocycles. The lowest BCUT2D eigenvalue weighted by molar-refractivity contribution is -0.128. The van der Waals surface area contributed by atoms with Crippen molar-refractivity contribution in [3.8, 4) is 0 Å². The molecular weight excluding hydrogens is 228 g/mol. The molecule has 0 saturated carbocycles. The number of hydrogen-bond acceptors (Lipinski definition) is 3. The number of nitrogens with zero attached hydrogens (tertiary/aromatic N) is 1. The summed E-state index contributed by atoms with van der Waals surface area (Å²) < 4.78 is 0. The number of rotatable bonds is 7. The van der Waals surface area contributed by atoms with Crippen LogP contribution in [-0.2, 0) is 17.9 Å². The number of carbonyl (C=O) groups is 1. The molecule has 0 aromatic heterocycles. The summed E-state index contributed by atoms with van der Waals surface area (Å²) in [7, 11) is 3.55. The molecule has 1 rings (SSSR count). The van der Waals surface area contributed by atoms with Gasteiger partial charge in [0.15, 0.2) is 0 Å². The Hall–Kier alpha value is -1.39. The Kier molecular flexibility index (Phi) is 6.39. The summed E-state index contributed by atoms with van der Waals surface area (Å²) >= 11 is 0. The fraction of sp³-hybridized carbons (Fsp3) is 0.500. The normalized spacial score (nSPS) is 10.4. The number of nitrogens with one attached hydrogen (secondary N) is 1. The van der Waals surface area contributed by atoms with Crippen molar-refractivity contribution in [3.05, 3.63) is 35.4 Å². The lowest BCUT2D eigenvalue weighted by Crippen LogP contribution is -2.23. The molecule has 0 spiro atoms. The van der Waals surface area contributed by atoms with E-state index in [9.17, 15) is 4.79 Å². The Morgan fingerprint density at radius 3 is 2.72 bits per heavy atom. The molecule has 0 aliphatic carbocycles. The standard InChI is InChI=1S/C14H22N2O2/c1-16(2)14(18)7-4-8-15-10-12-5-3-6-13(9-12)11-17/h3,5-6,9,15,17H,4,7-8,10-11H2,1-2H3. The molecule has 0 saturated heterocycles. The molecule has 100 valence electrons. The minimum Gasteiger partial charge on any atom is -0.392 e. The van der Waals surface area contributed by atoms with Gasteiger partial charge >= 0.3 is 0 Å². The lowest BCUT2D eigenvalue weighted by Gasteiger charge is -2.10. The Bertz CT molecular complexity index is 378. The van der Waals surface area contributed by atoms with E-state index >= 15 is 0 Å². The van der Waals surface area contributed by atoms with Crippen molar-refractivity contribution < 1.29 is 9.90 Å². The zero-order chi connectivity index (χ0) is 13.4. The van der Waals surface area contributed by atoms with Crippen molar-refractivity contribution in [1.82, 2.24) is 10.2 Å². The fourth-order valence-corrected chi connectivity index (χ4v) is 1.66. The summed E-state index contributed by atoms with van der Waals surface area (Å²) in [5, 5.41) is 12.3. The van der Waals surface area contributed by atoms with Gasteiger partial charge in [0, 0.05) is 27.1 Å². The van der Waals surface area contributed by atoms with Crippen LogP contribution in [0, 0.1) is 0 Å². The molecule has 1 amide bonds. The molecule has 0 atom stereocenters. The van der Waals surface area contributed by atoms with E-state index < -0.39 is 0 Å². The first-order chi connectivity index (χ1) is 8.63. The molecule has 0 fully saturated rings. The Labute approximate surface area is 109 Å². The zero-order valence-corrected chi connectivity index (χ0v) is 11.1. The van der Waals surface area contributed by atoms with Crippen LogP contribution in [0.15, 0.2) is 24.3 Å². The van der Waals surface area contributed by atoms with E-state index in [1.807, 2.05) is 24.3 Å². The van der Waals surface area contributed by atoms with Gasteiger partial charge in [0.05, 0.1) is 6.61 Å². The van der Waals surface area contributed by atoms with Crippen LogP contribution in [0.3, 0.4) is 0 Å². The number of carbonyl (C=O) groups excluding carboxylic acids is 1. The predicted molar refractivity (Wildman–Crippen MR) is 72.0 cm³/mol. The predicted octanol–water partition coefficient (Wildman–Crippen LogP) is 1.14. The van der Waals surface area contributed by atoms with Gasteiger partial charge in [-0.25, -0.2) is 0 Å². The van der Waals surface area contributed by atoms with Gasteiger partial charge in [-0.3, -0.25) is 4.79 Å². The lowest BCUT2D eigenvalue weighted by atomic mass is 10.1. The van der Waals surface area contributed by atoms with Crippen LogP contribution in [0.2, 0.25) is 0 Å². The molecule has 0 bridgehead atoms. The maximum Gasteiger partial charge on any atom is 0.222 e. The van der Waals surface area contributed by atoms with Gasteiger partial charge in [-0.15, -0.1) is 0 Å². The van der Waals surface area contributed by atoms with Gasteiger partial charge in [0.2, 0.25) is 5.91 Å².